The molecule has 2 amide bonds. The minimum atomic E-state index is -0.831. The van der Waals surface area contributed by atoms with E-state index in [-0.39, 0.29) is 18.2 Å². The van der Waals surface area contributed by atoms with Crippen LogP contribution >= 0.6 is 0 Å². The average Bonchev–Trinajstić information content (AvgIpc) is 2.73. The van der Waals surface area contributed by atoms with Gasteiger partial charge in [0.15, 0.2) is 0 Å². The van der Waals surface area contributed by atoms with Crippen LogP contribution in [-0.2, 0) is 16.0 Å². The monoisotopic (exact) mass is 394 g/mol. The molecule has 2 N–H and O–H groups in total. The molecule has 1 fully saturated rings. The van der Waals surface area contributed by atoms with Gasteiger partial charge in [0, 0.05) is 30.8 Å². The van der Waals surface area contributed by atoms with E-state index >= 15 is 0 Å². The van der Waals surface area contributed by atoms with Crippen LogP contribution in [0.25, 0.3) is 0 Å². The zero-order valence-corrected chi connectivity index (χ0v) is 16.6. The number of aryl methyl sites for hydroxylation is 1. The Hall–Kier alpha value is -3.15. The van der Waals surface area contributed by atoms with Gasteiger partial charge in [-0.3, -0.25) is 14.4 Å². The summed E-state index contributed by atoms with van der Waals surface area (Å²) in [7, 11) is 0. The van der Waals surface area contributed by atoms with E-state index in [2.05, 4.69) is 5.32 Å². The SMILES string of the molecule is CC1(C(=O)Nc2ccc(CCC(=O)O)cc2)CCCN(C(=O)c2ccccc2)C1. The number of carbonyl (C=O) groups excluding carboxylic acids is 2. The maximum Gasteiger partial charge on any atom is 0.303 e. The zero-order valence-electron chi connectivity index (χ0n) is 16.6. The lowest BCUT2D eigenvalue weighted by atomic mass is 9.80. The summed E-state index contributed by atoms with van der Waals surface area (Å²) >= 11 is 0. The second-order valence-corrected chi connectivity index (χ2v) is 7.80. The average molecular weight is 394 g/mol. The molecule has 0 spiro atoms. The number of carboxylic acids is 1. The van der Waals surface area contributed by atoms with Crippen LogP contribution in [0.15, 0.2) is 54.6 Å². The maximum atomic E-state index is 13.0. The predicted molar refractivity (Wildman–Crippen MR) is 111 cm³/mol. The fourth-order valence-electron chi connectivity index (χ4n) is 3.65. The van der Waals surface area contributed by atoms with E-state index in [0.29, 0.717) is 37.2 Å². The molecule has 3 rings (SSSR count). The van der Waals surface area contributed by atoms with E-state index in [9.17, 15) is 14.4 Å². The third-order valence-corrected chi connectivity index (χ3v) is 5.39. The van der Waals surface area contributed by atoms with Crippen LogP contribution in [0.1, 0.15) is 42.1 Å². The van der Waals surface area contributed by atoms with Gasteiger partial charge in [0.2, 0.25) is 5.91 Å². The first kappa shape index (κ1) is 20.6. The van der Waals surface area contributed by atoms with Crippen molar-refractivity contribution in [2.24, 2.45) is 5.41 Å². The van der Waals surface area contributed by atoms with Crippen molar-refractivity contribution in [3.8, 4) is 0 Å². The number of aliphatic carboxylic acids is 1. The molecule has 1 aliphatic heterocycles. The highest BCUT2D eigenvalue weighted by Crippen LogP contribution is 2.32. The Balaban J connectivity index is 1.63. The molecule has 2 aromatic rings. The maximum absolute atomic E-state index is 13.0. The molecule has 0 bridgehead atoms. The first-order valence-corrected chi connectivity index (χ1v) is 9.84. The number of hydrogen-bond acceptors (Lipinski definition) is 3. The number of hydrogen-bond donors (Lipinski definition) is 2. The van der Waals surface area contributed by atoms with Crippen LogP contribution in [0, 0.1) is 5.41 Å². The van der Waals surface area contributed by atoms with E-state index in [0.717, 1.165) is 12.0 Å². The predicted octanol–water partition coefficient (Wildman–Crippen LogP) is 3.58. The molecule has 1 atom stereocenters. The fraction of sp³-hybridized carbons (Fsp3) is 0.348. The minimum Gasteiger partial charge on any atom is -0.481 e. The molecule has 2 aromatic carbocycles. The lowest BCUT2D eigenvalue weighted by molar-refractivity contribution is -0.137. The molecule has 29 heavy (non-hydrogen) atoms. The van der Waals surface area contributed by atoms with Crippen molar-refractivity contribution in [3.05, 3.63) is 65.7 Å². The summed E-state index contributed by atoms with van der Waals surface area (Å²) in [5.41, 5.74) is 1.55. The van der Waals surface area contributed by atoms with Crippen LogP contribution in [0.2, 0.25) is 0 Å². The van der Waals surface area contributed by atoms with Gasteiger partial charge in [-0.05, 0) is 56.0 Å². The van der Waals surface area contributed by atoms with Crippen molar-refractivity contribution >= 4 is 23.5 Å². The topological polar surface area (TPSA) is 86.7 Å². The molecular weight excluding hydrogens is 368 g/mol. The quantitative estimate of drug-likeness (QED) is 0.784. The van der Waals surface area contributed by atoms with Gasteiger partial charge >= 0.3 is 5.97 Å². The van der Waals surface area contributed by atoms with Crippen molar-refractivity contribution in [2.45, 2.75) is 32.6 Å². The summed E-state index contributed by atoms with van der Waals surface area (Å²) in [6, 6.07) is 16.4. The second kappa shape index (κ2) is 8.90. The van der Waals surface area contributed by atoms with Gasteiger partial charge in [-0.25, -0.2) is 0 Å². The molecule has 1 unspecified atom stereocenters. The molecule has 1 heterocycles. The van der Waals surface area contributed by atoms with Crippen molar-refractivity contribution < 1.29 is 19.5 Å². The van der Waals surface area contributed by atoms with Crippen LogP contribution in [0.5, 0.6) is 0 Å². The zero-order chi connectivity index (χ0) is 20.9. The highest BCUT2D eigenvalue weighted by molar-refractivity contribution is 5.97. The van der Waals surface area contributed by atoms with Gasteiger partial charge in [-0.1, -0.05) is 30.3 Å². The summed E-state index contributed by atoms with van der Waals surface area (Å²) in [6.45, 7) is 2.92. The lowest BCUT2D eigenvalue weighted by Crippen LogP contribution is -2.50. The first-order valence-electron chi connectivity index (χ1n) is 9.84. The lowest BCUT2D eigenvalue weighted by Gasteiger charge is -2.39. The number of carbonyl (C=O) groups is 3. The van der Waals surface area contributed by atoms with E-state index in [1.54, 1.807) is 29.2 Å². The van der Waals surface area contributed by atoms with Gasteiger partial charge in [0.05, 0.1) is 5.41 Å². The molecule has 6 heteroatoms. The summed E-state index contributed by atoms with van der Waals surface area (Å²) in [6.07, 6.45) is 2.03. The standard InChI is InChI=1S/C23H26N2O4/c1-23(14-5-15-25(16-23)21(28)18-6-3-2-4-7-18)22(29)24-19-11-8-17(9-12-19)10-13-20(26)27/h2-4,6-9,11-12H,5,10,13-16H2,1H3,(H,24,29)(H,26,27). The third-order valence-electron chi connectivity index (χ3n) is 5.39. The molecule has 0 radical (unpaired) electrons. The highest BCUT2D eigenvalue weighted by Gasteiger charge is 2.39. The Morgan fingerprint density at radius 1 is 1.07 bits per heavy atom. The Morgan fingerprint density at radius 3 is 2.41 bits per heavy atom. The van der Waals surface area contributed by atoms with E-state index in [1.165, 1.54) is 0 Å². The largest absolute Gasteiger partial charge is 0.481 e. The van der Waals surface area contributed by atoms with E-state index in [4.69, 9.17) is 5.11 Å². The van der Waals surface area contributed by atoms with Gasteiger partial charge in [-0.2, -0.15) is 0 Å². The van der Waals surface area contributed by atoms with Crippen LogP contribution in [0.3, 0.4) is 0 Å². The molecule has 6 nitrogen and oxygen atoms in total. The number of nitrogens with zero attached hydrogens (tertiary/aromatic N) is 1. The van der Waals surface area contributed by atoms with E-state index in [1.807, 2.05) is 37.3 Å². The summed E-state index contributed by atoms with van der Waals surface area (Å²) in [5, 5.41) is 11.7. The summed E-state index contributed by atoms with van der Waals surface area (Å²) < 4.78 is 0. The molecule has 1 aliphatic rings. The Labute approximate surface area is 170 Å². The highest BCUT2D eigenvalue weighted by atomic mass is 16.4. The van der Waals surface area contributed by atoms with Crippen molar-refractivity contribution in [1.29, 1.82) is 0 Å². The fourth-order valence-corrected chi connectivity index (χ4v) is 3.65. The molecule has 0 saturated carbocycles. The van der Waals surface area contributed by atoms with E-state index < -0.39 is 11.4 Å². The van der Waals surface area contributed by atoms with Crippen LogP contribution in [0.4, 0.5) is 5.69 Å². The van der Waals surface area contributed by atoms with Crippen molar-refractivity contribution in [2.75, 3.05) is 18.4 Å². The number of benzene rings is 2. The van der Waals surface area contributed by atoms with Gasteiger partial charge in [0.25, 0.3) is 5.91 Å². The minimum absolute atomic E-state index is 0.0490. The third kappa shape index (κ3) is 5.22. The van der Waals surface area contributed by atoms with Crippen LogP contribution < -0.4 is 5.32 Å². The number of anilines is 1. The summed E-state index contributed by atoms with van der Waals surface area (Å²) in [4.78, 5) is 38.2. The number of carboxylic acid groups (broad SMARTS) is 1. The Bertz CT molecular complexity index is 880. The van der Waals surface area contributed by atoms with Gasteiger partial charge < -0.3 is 15.3 Å². The summed E-state index contributed by atoms with van der Waals surface area (Å²) in [5.74, 6) is -0.990. The molecule has 0 aromatic heterocycles. The van der Waals surface area contributed by atoms with Gasteiger partial charge in [0.1, 0.15) is 0 Å². The molecule has 152 valence electrons. The Morgan fingerprint density at radius 2 is 1.76 bits per heavy atom. The number of nitrogens with one attached hydrogen (secondary N) is 1. The second-order valence-electron chi connectivity index (χ2n) is 7.80. The molecular formula is C23H26N2O4. The number of amides is 2. The smallest absolute Gasteiger partial charge is 0.303 e. The number of piperidine rings is 1. The Kier molecular flexibility index (Phi) is 6.32. The first-order chi connectivity index (χ1) is 13.9. The number of likely N-dealkylation sites (tertiary alicyclic amines) is 1. The molecule has 0 aliphatic carbocycles. The molecule has 1 saturated heterocycles. The van der Waals surface area contributed by atoms with Crippen molar-refractivity contribution in [3.63, 3.8) is 0 Å². The van der Waals surface area contributed by atoms with Crippen molar-refractivity contribution in [1.82, 2.24) is 4.90 Å². The van der Waals surface area contributed by atoms with Gasteiger partial charge in [-0.15, -0.1) is 0 Å². The number of rotatable bonds is 6. The normalized spacial score (nSPS) is 18.9. The van der Waals surface area contributed by atoms with Crippen LogP contribution in [-0.4, -0.2) is 40.9 Å².